The zero-order valence-electron chi connectivity index (χ0n) is 9.33. The van der Waals surface area contributed by atoms with Crippen molar-refractivity contribution in [3.05, 3.63) is 54.4 Å². The van der Waals surface area contributed by atoms with Crippen LogP contribution in [0.2, 0.25) is 0 Å². The minimum absolute atomic E-state index is 0.241. The lowest BCUT2D eigenvalue weighted by molar-refractivity contribution is 0.102. The van der Waals surface area contributed by atoms with E-state index in [2.05, 4.69) is 15.3 Å². The first-order chi connectivity index (χ1) is 8.79. The molecule has 1 heterocycles. The fourth-order valence-electron chi connectivity index (χ4n) is 1.37. The van der Waals surface area contributed by atoms with E-state index in [-0.39, 0.29) is 5.91 Å². The number of hydrogen-bond acceptors (Lipinski definition) is 4. The van der Waals surface area contributed by atoms with Crippen molar-refractivity contribution in [3.63, 3.8) is 0 Å². The van der Waals surface area contributed by atoms with Gasteiger partial charge in [0.15, 0.2) is 0 Å². The standard InChI is InChI=1S/C13H9N3O2/c17-9-15-11-3-5-12(6-4-11)16-13(18)10-2-1-7-14-8-10/h1-8H,(H,16,18). The van der Waals surface area contributed by atoms with E-state index in [1.165, 1.54) is 12.3 Å². The molecule has 0 fully saturated rings. The van der Waals surface area contributed by atoms with Crippen LogP contribution in [0.5, 0.6) is 0 Å². The van der Waals surface area contributed by atoms with Crippen LogP contribution < -0.4 is 5.32 Å². The van der Waals surface area contributed by atoms with Crippen molar-refractivity contribution in [2.45, 2.75) is 0 Å². The van der Waals surface area contributed by atoms with E-state index in [1.807, 2.05) is 0 Å². The van der Waals surface area contributed by atoms with Gasteiger partial charge in [0.2, 0.25) is 6.08 Å². The van der Waals surface area contributed by atoms with Crippen molar-refractivity contribution < 1.29 is 9.59 Å². The first-order valence-corrected chi connectivity index (χ1v) is 5.19. The summed E-state index contributed by atoms with van der Waals surface area (Å²) in [5.74, 6) is -0.241. The molecule has 1 N–H and O–H groups in total. The molecular weight excluding hydrogens is 230 g/mol. The Morgan fingerprint density at radius 1 is 1.22 bits per heavy atom. The maximum Gasteiger partial charge on any atom is 0.257 e. The molecule has 5 heteroatoms. The minimum Gasteiger partial charge on any atom is -0.322 e. The quantitative estimate of drug-likeness (QED) is 0.659. The van der Waals surface area contributed by atoms with E-state index >= 15 is 0 Å². The van der Waals surface area contributed by atoms with Gasteiger partial charge in [-0.15, -0.1) is 0 Å². The van der Waals surface area contributed by atoms with E-state index in [1.54, 1.807) is 42.6 Å². The van der Waals surface area contributed by atoms with Gasteiger partial charge < -0.3 is 5.32 Å². The molecule has 0 radical (unpaired) electrons. The Hall–Kier alpha value is -2.78. The summed E-state index contributed by atoms with van der Waals surface area (Å²) in [6.45, 7) is 0. The molecule has 5 nitrogen and oxygen atoms in total. The zero-order chi connectivity index (χ0) is 12.8. The summed E-state index contributed by atoms with van der Waals surface area (Å²) in [5.41, 5.74) is 1.59. The Bertz CT molecular complexity index is 587. The average molecular weight is 239 g/mol. The van der Waals surface area contributed by atoms with E-state index in [9.17, 15) is 9.59 Å². The normalized spacial score (nSPS) is 9.33. The van der Waals surface area contributed by atoms with Crippen molar-refractivity contribution in [2.75, 3.05) is 5.32 Å². The number of aromatic nitrogens is 1. The number of isocyanates is 1. The first-order valence-electron chi connectivity index (χ1n) is 5.19. The van der Waals surface area contributed by atoms with Gasteiger partial charge in [-0.05, 0) is 36.4 Å². The van der Waals surface area contributed by atoms with E-state index in [0.717, 1.165) is 0 Å². The number of carbonyl (C=O) groups excluding carboxylic acids is 2. The van der Waals surface area contributed by atoms with Crippen molar-refractivity contribution >= 4 is 23.4 Å². The highest BCUT2D eigenvalue weighted by molar-refractivity contribution is 6.04. The van der Waals surface area contributed by atoms with Gasteiger partial charge >= 0.3 is 0 Å². The third-order valence-corrected chi connectivity index (χ3v) is 2.22. The topological polar surface area (TPSA) is 71.4 Å². The number of anilines is 1. The van der Waals surface area contributed by atoms with Crippen LogP contribution in [0.15, 0.2) is 53.8 Å². The molecule has 1 aromatic heterocycles. The van der Waals surface area contributed by atoms with Gasteiger partial charge in [-0.1, -0.05) is 0 Å². The number of rotatable bonds is 3. The van der Waals surface area contributed by atoms with Crippen molar-refractivity contribution in [2.24, 2.45) is 4.99 Å². The molecule has 1 amide bonds. The summed E-state index contributed by atoms with van der Waals surface area (Å²) in [4.78, 5) is 29.2. The Balaban J connectivity index is 2.10. The van der Waals surface area contributed by atoms with Gasteiger partial charge in [0.05, 0.1) is 11.3 Å². The van der Waals surface area contributed by atoms with Gasteiger partial charge in [-0.3, -0.25) is 9.78 Å². The second-order valence-electron chi connectivity index (χ2n) is 3.45. The number of hydrogen-bond donors (Lipinski definition) is 1. The van der Waals surface area contributed by atoms with E-state index in [0.29, 0.717) is 16.9 Å². The second kappa shape index (κ2) is 5.52. The predicted octanol–water partition coefficient (Wildman–Crippen LogP) is 2.30. The van der Waals surface area contributed by atoms with Crippen LogP contribution >= 0.6 is 0 Å². The molecule has 1 aromatic carbocycles. The van der Waals surface area contributed by atoms with Crippen molar-refractivity contribution in [1.82, 2.24) is 4.98 Å². The molecule has 0 atom stereocenters. The lowest BCUT2D eigenvalue weighted by Crippen LogP contribution is -2.11. The molecule has 0 aliphatic rings. The number of carbonyl (C=O) groups is 1. The van der Waals surface area contributed by atoms with Crippen molar-refractivity contribution in [3.8, 4) is 0 Å². The summed E-state index contributed by atoms with van der Waals surface area (Å²) in [6, 6.07) is 9.91. The lowest BCUT2D eigenvalue weighted by atomic mass is 10.2. The molecule has 88 valence electrons. The summed E-state index contributed by atoms with van der Waals surface area (Å²) < 4.78 is 0. The number of amides is 1. The lowest BCUT2D eigenvalue weighted by Gasteiger charge is -2.04. The third-order valence-electron chi connectivity index (χ3n) is 2.22. The largest absolute Gasteiger partial charge is 0.322 e. The fraction of sp³-hybridized carbons (Fsp3) is 0. The molecule has 0 unspecified atom stereocenters. The maximum absolute atomic E-state index is 11.8. The number of pyridine rings is 1. The molecular formula is C13H9N3O2. The Morgan fingerprint density at radius 3 is 2.61 bits per heavy atom. The van der Waals surface area contributed by atoms with Crippen LogP contribution in [0.3, 0.4) is 0 Å². The van der Waals surface area contributed by atoms with Gasteiger partial charge in [0.1, 0.15) is 0 Å². The van der Waals surface area contributed by atoms with E-state index in [4.69, 9.17) is 0 Å². The monoisotopic (exact) mass is 239 g/mol. The van der Waals surface area contributed by atoms with Gasteiger partial charge in [-0.25, -0.2) is 4.79 Å². The molecule has 0 aliphatic carbocycles. The Kier molecular flexibility index (Phi) is 3.59. The molecule has 2 rings (SSSR count). The molecule has 18 heavy (non-hydrogen) atoms. The molecule has 0 aliphatic heterocycles. The van der Waals surface area contributed by atoms with Crippen LogP contribution in [0.4, 0.5) is 11.4 Å². The molecule has 0 spiro atoms. The SMILES string of the molecule is O=C=Nc1ccc(NC(=O)c2cccnc2)cc1. The van der Waals surface area contributed by atoms with E-state index < -0.39 is 0 Å². The molecule has 0 saturated heterocycles. The third kappa shape index (κ3) is 2.87. The van der Waals surface area contributed by atoms with Gasteiger partial charge in [-0.2, -0.15) is 4.99 Å². The molecule has 2 aromatic rings. The van der Waals surface area contributed by atoms with Crippen molar-refractivity contribution in [1.29, 1.82) is 0 Å². The predicted molar refractivity (Wildman–Crippen MR) is 66.4 cm³/mol. The summed E-state index contributed by atoms with van der Waals surface area (Å²) >= 11 is 0. The number of benzene rings is 1. The zero-order valence-corrected chi connectivity index (χ0v) is 9.33. The molecule has 0 bridgehead atoms. The van der Waals surface area contributed by atoms with Crippen LogP contribution in [0.25, 0.3) is 0 Å². The van der Waals surface area contributed by atoms with Crippen LogP contribution in [-0.2, 0) is 4.79 Å². The summed E-state index contributed by atoms with van der Waals surface area (Å²) in [6.07, 6.45) is 4.54. The van der Waals surface area contributed by atoms with Gasteiger partial charge in [0.25, 0.3) is 5.91 Å². The number of nitrogens with one attached hydrogen (secondary N) is 1. The average Bonchev–Trinajstić information content (AvgIpc) is 2.42. The minimum atomic E-state index is -0.241. The smallest absolute Gasteiger partial charge is 0.257 e. The van der Waals surface area contributed by atoms with Crippen LogP contribution in [-0.4, -0.2) is 17.0 Å². The Labute approximate surface area is 103 Å². The fourth-order valence-corrected chi connectivity index (χ4v) is 1.37. The first kappa shape index (κ1) is 11.7. The summed E-state index contributed by atoms with van der Waals surface area (Å²) in [7, 11) is 0. The van der Waals surface area contributed by atoms with Crippen LogP contribution in [0.1, 0.15) is 10.4 Å². The highest BCUT2D eigenvalue weighted by Gasteiger charge is 2.05. The van der Waals surface area contributed by atoms with Crippen LogP contribution in [0, 0.1) is 0 Å². The maximum atomic E-state index is 11.8. The van der Waals surface area contributed by atoms with Gasteiger partial charge in [0, 0.05) is 18.1 Å². The number of nitrogens with zero attached hydrogens (tertiary/aromatic N) is 2. The Morgan fingerprint density at radius 2 is 2.00 bits per heavy atom. The molecule has 0 saturated carbocycles. The number of aliphatic imine (C=N–C) groups is 1. The second-order valence-corrected chi connectivity index (χ2v) is 3.45. The highest BCUT2D eigenvalue weighted by atomic mass is 16.1. The summed E-state index contributed by atoms with van der Waals surface area (Å²) in [5, 5.41) is 2.71. The highest BCUT2D eigenvalue weighted by Crippen LogP contribution is 2.16.